The number of carbonyl (C=O) groups excluding carboxylic acids is 2. The summed E-state index contributed by atoms with van der Waals surface area (Å²) in [7, 11) is 3.36. The van der Waals surface area contributed by atoms with Crippen molar-refractivity contribution in [3.8, 4) is 0 Å². The van der Waals surface area contributed by atoms with E-state index >= 15 is 0 Å². The molecule has 0 N–H and O–H groups in total. The number of carbonyl (C=O) groups is 2. The third-order valence-electron chi connectivity index (χ3n) is 2.09. The minimum absolute atomic E-state index is 0.346. The molecule has 0 spiro atoms. The van der Waals surface area contributed by atoms with Crippen molar-refractivity contribution in [1.82, 2.24) is 4.90 Å². The Morgan fingerprint density at radius 3 is 2.21 bits per heavy atom. The lowest BCUT2D eigenvalue weighted by atomic mass is 10.1. The molecule has 1 aliphatic rings. The number of hydrogen-bond donors (Lipinski definition) is 0. The highest BCUT2D eigenvalue weighted by molar-refractivity contribution is 6.33. The second-order valence-electron chi connectivity index (χ2n) is 3.00. The molecule has 1 heterocycles. The first-order valence-electron chi connectivity index (χ1n) is 4.16. The number of rotatable bonds is 1. The van der Waals surface area contributed by atoms with Crippen molar-refractivity contribution >= 4 is 17.4 Å². The van der Waals surface area contributed by atoms with Crippen LogP contribution in [-0.2, 0) is 9.59 Å². The van der Waals surface area contributed by atoms with E-state index in [1.165, 1.54) is 6.08 Å². The lowest BCUT2D eigenvalue weighted by Gasteiger charge is -2.05. The lowest BCUT2D eigenvalue weighted by Crippen LogP contribution is -2.23. The predicted octanol–water partition coefficient (Wildman–Crippen LogP) is 1.23. The number of nitrogens with zero attached hydrogens (tertiary/aromatic N) is 1. The van der Waals surface area contributed by atoms with Crippen LogP contribution in [0.25, 0.3) is 5.57 Å². The molecular weight excluding hydrogens is 178 g/mol. The number of hydrogen-bond acceptors (Lipinski definition) is 2. The van der Waals surface area contributed by atoms with Gasteiger partial charge in [0.2, 0.25) is 0 Å². The Morgan fingerprint density at radius 2 is 1.71 bits per heavy atom. The first-order chi connectivity index (χ1) is 6.70. The van der Waals surface area contributed by atoms with Crippen LogP contribution >= 0.6 is 0 Å². The summed E-state index contributed by atoms with van der Waals surface area (Å²) in [5.74, 6) is -0.713. The predicted molar refractivity (Wildman–Crippen MR) is 51.6 cm³/mol. The van der Waals surface area contributed by atoms with Gasteiger partial charge in [-0.05, 0) is 5.56 Å². The third kappa shape index (κ3) is 1.23. The van der Waals surface area contributed by atoms with Gasteiger partial charge in [-0.2, -0.15) is 0 Å². The van der Waals surface area contributed by atoms with Gasteiger partial charge in [0.05, 0.1) is 5.57 Å². The fourth-order valence-corrected chi connectivity index (χ4v) is 1.33. The van der Waals surface area contributed by atoms with Gasteiger partial charge in [0.1, 0.15) is 0 Å². The summed E-state index contributed by atoms with van der Waals surface area (Å²) in [6.07, 6.45) is 1.31. The van der Waals surface area contributed by atoms with Crippen LogP contribution in [0, 0.1) is 7.05 Å². The standard InChI is InChI=1S/C11H8NO2/c1-12-10(13)7-9(11(12)14)8-5-3-2-4-6-8/h2-7H,1H2. The highest BCUT2D eigenvalue weighted by Gasteiger charge is 2.28. The van der Waals surface area contributed by atoms with Crippen LogP contribution < -0.4 is 0 Å². The maximum absolute atomic E-state index is 11.5. The van der Waals surface area contributed by atoms with E-state index in [1.807, 2.05) is 18.2 Å². The van der Waals surface area contributed by atoms with Crippen LogP contribution in [0.1, 0.15) is 5.56 Å². The van der Waals surface area contributed by atoms with Gasteiger partial charge in [-0.15, -0.1) is 0 Å². The van der Waals surface area contributed by atoms with Crippen molar-refractivity contribution in [3.63, 3.8) is 0 Å². The van der Waals surface area contributed by atoms with Crippen LogP contribution in [0.4, 0.5) is 0 Å². The second-order valence-corrected chi connectivity index (χ2v) is 3.00. The Hall–Kier alpha value is -1.90. The fraction of sp³-hybridized carbons (Fsp3) is 0. The Morgan fingerprint density at radius 1 is 1.07 bits per heavy atom. The minimum atomic E-state index is -0.367. The zero-order chi connectivity index (χ0) is 10.1. The van der Waals surface area contributed by atoms with Crippen molar-refractivity contribution < 1.29 is 9.59 Å². The zero-order valence-electron chi connectivity index (χ0n) is 7.43. The van der Waals surface area contributed by atoms with E-state index in [0.717, 1.165) is 10.5 Å². The van der Waals surface area contributed by atoms with E-state index in [-0.39, 0.29) is 11.8 Å². The van der Waals surface area contributed by atoms with Crippen LogP contribution in [0.15, 0.2) is 36.4 Å². The van der Waals surface area contributed by atoms with Crippen molar-refractivity contribution in [1.29, 1.82) is 0 Å². The van der Waals surface area contributed by atoms with Crippen LogP contribution in [0.5, 0.6) is 0 Å². The maximum Gasteiger partial charge on any atom is 0.261 e. The molecule has 1 aromatic carbocycles. The van der Waals surface area contributed by atoms with Crippen LogP contribution in [-0.4, -0.2) is 16.7 Å². The molecule has 3 heteroatoms. The summed E-state index contributed by atoms with van der Waals surface area (Å²) in [4.78, 5) is 23.5. The van der Waals surface area contributed by atoms with E-state index in [2.05, 4.69) is 7.05 Å². The largest absolute Gasteiger partial charge is 0.273 e. The molecule has 2 amide bonds. The average Bonchev–Trinajstić information content (AvgIpc) is 2.47. The van der Waals surface area contributed by atoms with Gasteiger partial charge in [0.25, 0.3) is 11.8 Å². The summed E-state index contributed by atoms with van der Waals surface area (Å²) >= 11 is 0. The Balaban J connectivity index is 2.43. The van der Waals surface area contributed by atoms with E-state index in [9.17, 15) is 9.59 Å². The molecule has 0 atom stereocenters. The first-order valence-corrected chi connectivity index (χ1v) is 4.16. The van der Waals surface area contributed by atoms with Gasteiger partial charge in [-0.25, -0.2) is 0 Å². The molecule has 14 heavy (non-hydrogen) atoms. The third-order valence-corrected chi connectivity index (χ3v) is 2.09. The van der Waals surface area contributed by atoms with Crippen molar-refractivity contribution in [2.24, 2.45) is 0 Å². The van der Waals surface area contributed by atoms with Gasteiger partial charge in [0.15, 0.2) is 0 Å². The minimum Gasteiger partial charge on any atom is -0.273 e. The molecule has 0 unspecified atom stereocenters. The highest BCUT2D eigenvalue weighted by Crippen LogP contribution is 2.22. The summed E-state index contributed by atoms with van der Waals surface area (Å²) in [6, 6.07) is 9.07. The summed E-state index contributed by atoms with van der Waals surface area (Å²) in [5, 5.41) is 0. The molecule has 69 valence electrons. The van der Waals surface area contributed by atoms with Crippen molar-refractivity contribution in [3.05, 3.63) is 49.0 Å². The molecule has 0 aromatic heterocycles. The number of benzene rings is 1. The van der Waals surface area contributed by atoms with Gasteiger partial charge >= 0.3 is 0 Å². The van der Waals surface area contributed by atoms with Gasteiger partial charge in [-0.3, -0.25) is 14.5 Å². The molecule has 0 saturated heterocycles. The zero-order valence-corrected chi connectivity index (χ0v) is 7.43. The number of imide groups is 1. The summed E-state index contributed by atoms with van der Waals surface area (Å²) in [6.45, 7) is 0. The quantitative estimate of drug-likeness (QED) is 0.618. The molecule has 1 radical (unpaired) electrons. The molecule has 3 nitrogen and oxygen atoms in total. The molecule has 0 aliphatic carbocycles. The fourth-order valence-electron chi connectivity index (χ4n) is 1.33. The molecule has 2 rings (SSSR count). The average molecular weight is 186 g/mol. The summed E-state index contributed by atoms with van der Waals surface area (Å²) in [5.41, 5.74) is 1.16. The van der Waals surface area contributed by atoms with Crippen LogP contribution in [0.3, 0.4) is 0 Å². The normalized spacial score (nSPS) is 16.1. The van der Waals surface area contributed by atoms with Crippen molar-refractivity contribution in [2.45, 2.75) is 0 Å². The molecule has 0 fully saturated rings. The Labute approximate surface area is 81.6 Å². The number of amides is 2. The van der Waals surface area contributed by atoms with Gasteiger partial charge in [0, 0.05) is 13.1 Å². The monoisotopic (exact) mass is 186 g/mol. The first kappa shape index (κ1) is 8.69. The van der Waals surface area contributed by atoms with E-state index in [1.54, 1.807) is 12.1 Å². The molecular formula is C11H8NO2. The topological polar surface area (TPSA) is 37.4 Å². The smallest absolute Gasteiger partial charge is 0.261 e. The van der Waals surface area contributed by atoms with E-state index < -0.39 is 0 Å². The Bertz CT molecular complexity index is 420. The van der Waals surface area contributed by atoms with Crippen molar-refractivity contribution in [2.75, 3.05) is 0 Å². The Kier molecular flexibility index (Phi) is 1.93. The van der Waals surface area contributed by atoms with Gasteiger partial charge in [-0.1, -0.05) is 30.3 Å². The summed E-state index contributed by atoms with van der Waals surface area (Å²) < 4.78 is 0. The second kappa shape index (κ2) is 3.10. The van der Waals surface area contributed by atoms with Crippen LogP contribution in [0.2, 0.25) is 0 Å². The van der Waals surface area contributed by atoms with E-state index in [4.69, 9.17) is 0 Å². The SMILES string of the molecule is [CH2]N1C(=O)C=C(c2ccccc2)C1=O. The molecule has 1 aromatic rings. The molecule has 0 bridgehead atoms. The molecule has 0 saturated carbocycles. The molecule has 1 aliphatic heterocycles. The van der Waals surface area contributed by atoms with Gasteiger partial charge < -0.3 is 0 Å². The maximum atomic E-state index is 11.5. The highest BCUT2D eigenvalue weighted by atomic mass is 16.2. The van der Waals surface area contributed by atoms with E-state index in [0.29, 0.717) is 5.57 Å². The lowest BCUT2D eigenvalue weighted by molar-refractivity contribution is -0.133.